The second-order valence-corrected chi connectivity index (χ2v) is 4.80. The Labute approximate surface area is 118 Å². The normalized spacial score (nSPS) is 12.5. The van der Waals surface area contributed by atoms with E-state index in [0.717, 1.165) is 0 Å². The van der Waals surface area contributed by atoms with Gasteiger partial charge in [0, 0.05) is 12.1 Å². The van der Waals surface area contributed by atoms with Crippen LogP contribution < -0.4 is 5.32 Å². The molecular formula is C11H22Cl2NTi. The van der Waals surface area contributed by atoms with Crippen molar-refractivity contribution in [2.45, 2.75) is 46.2 Å². The first-order chi connectivity index (χ1) is 6.02. The van der Waals surface area contributed by atoms with E-state index in [4.69, 9.17) is 0 Å². The van der Waals surface area contributed by atoms with Crippen molar-refractivity contribution < 1.29 is 20.4 Å². The average Bonchev–Trinajstić information content (AvgIpc) is 2.37. The van der Waals surface area contributed by atoms with Crippen molar-refractivity contribution in [2.75, 3.05) is 0 Å². The van der Waals surface area contributed by atoms with Gasteiger partial charge in [0.2, 0.25) is 0 Å². The van der Waals surface area contributed by atoms with Crippen molar-refractivity contribution >= 4 is 24.8 Å². The van der Waals surface area contributed by atoms with Crippen LogP contribution in [0.15, 0.2) is 22.1 Å². The zero-order chi connectivity index (χ0) is 10.3. The Balaban J connectivity index is -0.000000170. The van der Waals surface area contributed by atoms with Gasteiger partial charge in [-0.15, -0.1) is 24.8 Å². The van der Waals surface area contributed by atoms with Crippen LogP contribution in [0.3, 0.4) is 0 Å². The van der Waals surface area contributed by atoms with Gasteiger partial charge in [-0.05, 0) is 0 Å². The van der Waals surface area contributed by atoms with Gasteiger partial charge in [-0.2, -0.15) is 0 Å². The second-order valence-electron chi connectivity index (χ2n) is 3.80. The maximum absolute atomic E-state index is 3.31. The number of rotatable bonds is 2. The average molecular weight is 287 g/mol. The summed E-state index contributed by atoms with van der Waals surface area (Å²) in [4.78, 5) is 0. The fraction of sp³-hybridized carbons (Fsp3) is 0.636. The summed E-state index contributed by atoms with van der Waals surface area (Å²) in [6.45, 7) is 8.61. The molecule has 0 bridgehead atoms. The number of nitrogens with one attached hydrogen (secondary N) is 1. The van der Waals surface area contributed by atoms with Gasteiger partial charge in [-0.3, -0.25) is 0 Å². The standard InChI is InChI=1S/C6H15N.C5H5.2ClH.Ti/c1-5(2)7-6(3)4;1-2-4-5-3-1;;;/h5-7H,1-4H3;1-3H,4H2;2*1H;. The van der Waals surface area contributed by atoms with E-state index in [1.807, 2.05) is 0 Å². The molecule has 0 spiro atoms. The van der Waals surface area contributed by atoms with Crippen molar-refractivity contribution in [3.8, 4) is 0 Å². The molecule has 1 N–H and O–H groups in total. The van der Waals surface area contributed by atoms with E-state index in [-0.39, 0.29) is 24.8 Å². The van der Waals surface area contributed by atoms with Crippen molar-refractivity contribution in [3.05, 3.63) is 22.1 Å². The first-order valence-electron chi connectivity index (χ1n) is 4.85. The summed E-state index contributed by atoms with van der Waals surface area (Å²) in [7, 11) is 0. The summed E-state index contributed by atoms with van der Waals surface area (Å²) < 4.78 is 1.47. The quantitative estimate of drug-likeness (QED) is 0.765. The number of hydrogen-bond donors (Lipinski definition) is 1. The molecule has 0 saturated heterocycles. The van der Waals surface area contributed by atoms with E-state index in [1.165, 1.54) is 10.3 Å². The summed E-state index contributed by atoms with van der Waals surface area (Å²) in [5, 5.41) is 3.31. The van der Waals surface area contributed by atoms with Gasteiger partial charge >= 0.3 is 49.0 Å². The molecule has 0 saturated carbocycles. The summed E-state index contributed by atoms with van der Waals surface area (Å²) in [5.74, 6) is 0. The molecule has 0 aromatic rings. The SMILES string of the molecule is CC(C)NC(C)C.Cl.Cl.[Ti][C]1=CC=CC1. The minimum atomic E-state index is 0. The molecule has 89 valence electrons. The summed E-state index contributed by atoms with van der Waals surface area (Å²) in [5.41, 5.74) is 0. The fourth-order valence-corrected chi connectivity index (χ4v) is 1.45. The molecule has 0 aromatic heterocycles. The predicted octanol–water partition coefficient (Wildman–Crippen LogP) is 3.61. The van der Waals surface area contributed by atoms with E-state index in [2.05, 4.69) is 71.7 Å². The van der Waals surface area contributed by atoms with E-state index in [9.17, 15) is 0 Å². The molecule has 1 aliphatic carbocycles. The van der Waals surface area contributed by atoms with Crippen LogP contribution in [-0.2, 0) is 20.4 Å². The first-order valence-corrected chi connectivity index (χ1v) is 5.63. The van der Waals surface area contributed by atoms with Gasteiger partial charge < -0.3 is 5.32 Å². The molecular weight excluding hydrogens is 265 g/mol. The fourth-order valence-electron chi connectivity index (χ4n) is 1.11. The zero-order valence-corrected chi connectivity index (χ0v) is 13.1. The molecule has 0 unspecified atom stereocenters. The Morgan fingerprint density at radius 1 is 1.13 bits per heavy atom. The molecule has 0 amide bonds. The molecule has 1 rings (SSSR count). The molecule has 1 nitrogen and oxygen atoms in total. The Bertz CT molecular complexity index is 183. The van der Waals surface area contributed by atoms with Crippen LogP contribution in [-0.4, -0.2) is 12.1 Å². The van der Waals surface area contributed by atoms with E-state index in [1.54, 1.807) is 0 Å². The topological polar surface area (TPSA) is 12.0 Å². The van der Waals surface area contributed by atoms with E-state index < -0.39 is 0 Å². The Hall–Kier alpha value is 0.734. The van der Waals surface area contributed by atoms with Gasteiger partial charge in [0.25, 0.3) is 0 Å². The second kappa shape index (κ2) is 12.8. The molecule has 1 aliphatic rings. The monoisotopic (exact) mass is 286 g/mol. The molecule has 4 heteroatoms. The third-order valence-electron chi connectivity index (χ3n) is 1.44. The Kier molecular flexibility index (Phi) is 18.0. The number of halogens is 2. The van der Waals surface area contributed by atoms with Crippen LogP contribution in [0.4, 0.5) is 0 Å². The maximum atomic E-state index is 3.31. The Morgan fingerprint density at radius 2 is 1.60 bits per heavy atom. The van der Waals surface area contributed by atoms with Gasteiger partial charge in [0.05, 0.1) is 0 Å². The van der Waals surface area contributed by atoms with Crippen LogP contribution in [0.5, 0.6) is 0 Å². The van der Waals surface area contributed by atoms with E-state index in [0.29, 0.717) is 12.1 Å². The van der Waals surface area contributed by atoms with Gasteiger partial charge in [-0.25, -0.2) is 0 Å². The zero-order valence-electron chi connectivity index (χ0n) is 9.91. The molecule has 0 fully saturated rings. The van der Waals surface area contributed by atoms with Crippen molar-refractivity contribution in [2.24, 2.45) is 0 Å². The molecule has 0 heterocycles. The van der Waals surface area contributed by atoms with Crippen LogP contribution in [0.1, 0.15) is 34.1 Å². The molecule has 0 radical (unpaired) electrons. The summed E-state index contributed by atoms with van der Waals surface area (Å²) >= 11 is 2.14. The summed E-state index contributed by atoms with van der Waals surface area (Å²) in [6, 6.07) is 1.25. The van der Waals surface area contributed by atoms with E-state index >= 15 is 0 Å². The third-order valence-corrected chi connectivity index (χ3v) is 2.02. The Morgan fingerprint density at radius 3 is 1.67 bits per heavy atom. The van der Waals surface area contributed by atoms with Gasteiger partial charge in [-0.1, -0.05) is 27.7 Å². The van der Waals surface area contributed by atoms with Gasteiger partial charge in [0.1, 0.15) is 0 Å². The third kappa shape index (κ3) is 17.4. The molecule has 0 aliphatic heterocycles. The predicted molar refractivity (Wildman–Crippen MR) is 69.7 cm³/mol. The number of hydrogen-bond acceptors (Lipinski definition) is 1. The first kappa shape index (κ1) is 21.1. The van der Waals surface area contributed by atoms with Crippen LogP contribution in [0, 0.1) is 0 Å². The molecule has 0 aromatic carbocycles. The van der Waals surface area contributed by atoms with Gasteiger partial charge in [0.15, 0.2) is 0 Å². The van der Waals surface area contributed by atoms with Crippen LogP contribution in [0.2, 0.25) is 0 Å². The van der Waals surface area contributed by atoms with Crippen molar-refractivity contribution in [1.29, 1.82) is 0 Å². The summed E-state index contributed by atoms with van der Waals surface area (Å²) in [6.07, 6.45) is 7.56. The van der Waals surface area contributed by atoms with Crippen LogP contribution >= 0.6 is 24.8 Å². The minimum absolute atomic E-state index is 0. The van der Waals surface area contributed by atoms with Crippen LogP contribution in [0.25, 0.3) is 0 Å². The van der Waals surface area contributed by atoms with Crippen molar-refractivity contribution in [1.82, 2.24) is 5.32 Å². The molecule has 15 heavy (non-hydrogen) atoms. The van der Waals surface area contributed by atoms with Crippen molar-refractivity contribution in [3.63, 3.8) is 0 Å². The molecule has 0 atom stereocenters. The number of allylic oxidation sites excluding steroid dienone is 4.